The fourth-order valence-corrected chi connectivity index (χ4v) is 3.36. The van der Waals surface area contributed by atoms with Gasteiger partial charge in [-0.15, -0.1) is 0 Å². The number of amides is 1. The molecule has 0 saturated carbocycles. The van der Waals surface area contributed by atoms with Gasteiger partial charge in [-0.3, -0.25) is 9.78 Å². The van der Waals surface area contributed by atoms with Crippen molar-refractivity contribution in [2.45, 2.75) is 19.8 Å². The Hall–Kier alpha value is -3.59. The molecular weight excluding hydrogens is 425 g/mol. The summed E-state index contributed by atoms with van der Waals surface area (Å²) in [5.74, 6) is 0.335. The first-order chi connectivity index (χ1) is 16.1. The second kappa shape index (κ2) is 11.9. The van der Waals surface area contributed by atoms with E-state index in [2.05, 4.69) is 25.9 Å². The summed E-state index contributed by atoms with van der Waals surface area (Å²) in [7, 11) is 2.93. The Kier molecular flexibility index (Phi) is 8.65. The molecule has 0 atom stereocenters. The molecule has 1 amide bonds. The summed E-state index contributed by atoms with van der Waals surface area (Å²) in [6, 6.07) is 1.79. The summed E-state index contributed by atoms with van der Waals surface area (Å²) in [5.41, 5.74) is 3.51. The van der Waals surface area contributed by atoms with E-state index in [0.29, 0.717) is 47.7 Å². The Bertz CT molecular complexity index is 1050. The lowest BCUT2D eigenvalue weighted by Crippen LogP contribution is -2.31. The number of H-pyrrole nitrogens is 1. The Morgan fingerprint density at radius 3 is 2.64 bits per heavy atom. The number of aromatic nitrogens is 2. The Labute approximate surface area is 193 Å². The van der Waals surface area contributed by atoms with Gasteiger partial charge in [0.05, 0.1) is 43.1 Å². The molecule has 33 heavy (non-hydrogen) atoms. The molecule has 8 nitrogen and oxygen atoms in total. The van der Waals surface area contributed by atoms with Crippen LogP contribution in [0.1, 0.15) is 29.4 Å². The SMILES string of the molecule is C1CNC1.C\C=C/C=C(Nc1c(-c2ccncc2OC)[nH]c2c1C(=O)NCC2)\C(=C\F)OC. The summed E-state index contributed by atoms with van der Waals surface area (Å²) < 4.78 is 24.0. The number of fused-ring (bicyclic) bond motifs is 1. The first-order valence-electron chi connectivity index (χ1n) is 10.8. The molecule has 0 aliphatic carbocycles. The second-order valence-electron chi connectivity index (χ2n) is 7.32. The van der Waals surface area contributed by atoms with Crippen LogP contribution in [-0.4, -0.2) is 49.7 Å². The Morgan fingerprint density at radius 1 is 1.27 bits per heavy atom. The number of pyridine rings is 1. The number of carbonyl (C=O) groups is 1. The van der Waals surface area contributed by atoms with Crippen LogP contribution in [0, 0.1) is 0 Å². The third kappa shape index (κ3) is 5.61. The van der Waals surface area contributed by atoms with Gasteiger partial charge in [0.2, 0.25) is 0 Å². The van der Waals surface area contributed by atoms with Gasteiger partial charge >= 0.3 is 0 Å². The molecule has 2 aliphatic rings. The van der Waals surface area contributed by atoms with Crippen LogP contribution in [0.25, 0.3) is 11.3 Å². The molecule has 2 aliphatic heterocycles. The van der Waals surface area contributed by atoms with Gasteiger partial charge in [-0.05, 0) is 38.6 Å². The van der Waals surface area contributed by atoms with E-state index in [9.17, 15) is 9.18 Å². The third-order valence-electron chi connectivity index (χ3n) is 5.25. The molecule has 1 fully saturated rings. The van der Waals surface area contributed by atoms with Crippen molar-refractivity contribution in [1.82, 2.24) is 20.6 Å². The number of halogens is 1. The van der Waals surface area contributed by atoms with Gasteiger partial charge in [0.15, 0.2) is 5.76 Å². The predicted octanol–water partition coefficient (Wildman–Crippen LogP) is 3.68. The summed E-state index contributed by atoms with van der Waals surface area (Å²) in [5, 5.41) is 9.14. The van der Waals surface area contributed by atoms with E-state index < -0.39 is 0 Å². The largest absolute Gasteiger partial charge is 0.494 e. The lowest BCUT2D eigenvalue weighted by molar-refractivity contribution is 0.0947. The molecule has 2 aromatic rings. The topological polar surface area (TPSA) is 100 Å². The first kappa shape index (κ1) is 24.1. The molecule has 0 bridgehead atoms. The van der Waals surface area contributed by atoms with Crippen LogP contribution in [-0.2, 0) is 11.2 Å². The average Bonchev–Trinajstić information content (AvgIpc) is 3.16. The van der Waals surface area contributed by atoms with Crippen LogP contribution in [0.5, 0.6) is 5.75 Å². The Balaban J connectivity index is 0.000000690. The van der Waals surface area contributed by atoms with Crippen molar-refractivity contribution in [1.29, 1.82) is 0 Å². The monoisotopic (exact) mass is 455 g/mol. The van der Waals surface area contributed by atoms with E-state index in [1.807, 2.05) is 6.92 Å². The minimum absolute atomic E-state index is 0.00177. The third-order valence-corrected chi connectivity index (χ3v) is 5.25. The molecule has 2 aromatic heterocycles. The van der Waals surface area contributed by atoms with Crippen LogP contribution in [0.15, 0.2) is 54.5 Å². The smallest absolute Gasteiger partial charge is 0.255 e. The van der Waals surface area contributed by atoms with Crippen molar-refractivity contribution in [2.24, 2.45) is 0 Å². The molecule has 0 unspecified atom stereocenters. The fraction of sp³-hybridized carbons (Fsp3) is 0.333. The summed E-state index contributed by atoms with van der Waals surface area (Å²) >= 11 is 0. The highest BCUT2D eigenvalue weighted by molar-refractivity contribution is 6.06. The maximum atomic E-state index is 13.4. The normalized spacial score (nSPS) is 15.7. The maximum absolute atomic E-state index is 13.4. The van der Waals surface area contributed by atoms with Crippen LogP contribution in [0.4, 0.5) is 10.1 Å². The zero-order valence-corrected chi connectivity index (χ0v) is 19.1. The first-order valence-corrected chi connectivity index (χ1v) is 10.8. The van der Waals surface area contributed by atoms with Crippen molar-refractivity contribution in [3.63, 3.8) is 0 Å². The van der Waals surface area contributed by atoms with Gasteiger partial charge in [0, 0.05) is 30.4 Å². The fourth-order valence-electron chi connectivity index (χ4n) is 3.36. The number of methoxy groups -OCH3 is 2. The van der Waals surface area contributed by atoms with E-state index in [1.165, 1.54) is 26.6 Å². The highest BCUT2D eigenvalue weighted by atomic mass is 19.1. The second-order valence-corrected chi connectivity index (χ2v) is 7.32. The van der Waals surface area contributed by atoms with Crippen molar-refractivity contribution in [3.8, 4) is 17.0 Å². The average molecular weight is 456 g/mol. The van der Waals surface area contributed by atoms with Gasteiger partial charge < -0.3 is 30.4 Å². The molecule has 0 radical (unpaired) electrons. The predicted molar refractivity (Wildman–Crippen MR) is 127 cm³/mol. The number of anilines is 1. The molecule has 4 N–H and O–H groups in total. The zero-order valence-electron chi connectivity index (χ0n) is 19.1. The minimum Gasteiger partial charge on any atom is -0.494 e. The maximum Gasteiger partial charge on any atom is 0.255 e. The molecule has 4 heterocycles. The van der Waals surface area contributed by atoms with Crippen molar-refractivity contribution in [3.05, 3.63) is 65.7 Å². The molecule has 0 spiro atoms. The highest BCUT2D eigenvalue weighted by Crippen LogP contribution is 2.39. The van der Waals surface area contributed by atoms with Gasteiger partial charge in [-0.1, -0.05) is 12.2 Å². The van der Waals surface area contributed by atoms with E-state index >= 15 is 0 Å². The lowest BCUT2D eigenvalue weighted by atomic mass is 10.0. The van der Waals surface area contributed by atoms with Crippen molar-refractivity contribution in [2.75, 3.05) is 39.2 Å². The molecule has 9 heteroatoms. The van der Waals surface area contributed by atoms with E-state index in [-0.39, 0.29) is 11.7 Å². The van der Waals surface area contributed by atoms with E-state index in [0.717, 1.165) is 11.3 Å². The molecule has 176 valence electrons. The van der Waals surface area contributed by atoms with E-state index in [1.54, 1.807) is 43.8 Å². The lowest BCUT2D eigenvalue weighted by Gasteiger charge is -2.17. The standard InChI is InChI=1S/C21H23FN4O3.C3H7N/c1-4-5-6-14(16(11-22)28-2)25-20-18-15(8-10-24-21(18)27)26-19(20)13-7-9-23-12-17(13)29-3;1-2-4-3-1/h4-7,9,11-12,25-26H,8,10H2,1-3H3,(H,24,27);4H,1-3H2/b5-4-,14-6+,16-11-;. The van der Waals surface area contributed by atoms with Gasteiger partial charge in [0.25, 0.3) is 5.91 Å². The van der Waals surface area contributed by atoms with Crippen molar-refractivity contribution >= 4 is 11.6 Å². The zero-order chi connectivity index (χ0) is 23.6. The van der Waals surface area contributed by atoms with Crippen LogP contribution < -0.4 is 20.7 Å². The number of aromatic amines is 1. The summed E-state index contributed by atoms with van der Waals surface area (Å²) in [6.45, 7) is 4.88. The van der Waals surface area contributed by atoms with Crippen LogP contribution >= 0.6 is 0 Å². The molecule has 4 rings (SSSR count). The van der Waals surface area contributed by atoms with Crippen LogP contribution in [0.2, 0.25) is 0 Å². The number of nitrogens with one attached hydrogen (secondary N) is 4. The number of allylic oxidation sites excluding steroid dienone is 3. The van der Waals surface area contributed by atoms with Gasteiger partial charge in [-0.2, -0.15) is 0 Å². The van der Waals surface area contributed by atoms with Gasteiger partial charge in [-0.25, -0.2) is 4.39 Å². The minimum atomic E-state index is -0.210. The number of hydrogen-bond acceptors (Lipinski definition) is 6. The Morgan fingerprint density at radius 2 is 2.03 bits per heavy atom. The molecular formula is C24H30FN5O3. The summed E-state index contributed by atoms with van der Waals surface area (Å²) in [6.07, 6.45) is 10.9. The quantitative estimate of drug-likeness (QED) is 0.375. The number of carbonyl (C=O) groups excluding carboxylic acids is 1. The highest BCUT2D eigenvalue weighted by Gasteiger charge is 2.28. The number of nitrogens with zero attached hydrogens (tertiary/aromatic N) is 1. The van der Waals surface area contributed by atoms with Crippen LogP contribution in [0.3, 0.4) is 0 Å². The van der Waals surface area contributed by atoms with Gasteiger partial charge in [0.1, 0.15) is 12.1 Å². The number of rotatable bonds is 7. The number of hydrogen-bond donors (Lipinski definition) is 4. The number of ether oxygens (including phenoxy) is 2. The van der Waals surface area contributed by atoms with E-state index in [4.69, 9.17) is 9.47 Å². The molecule has 0 aromatic carbocycles. The van der Waals surface area contributed by atoms with Crippen molar-refractivity contribution < 1.29 is 18.7 Å². The molecule has 1 saturated heterocycles. The summed E-state index contributed by atoms with van der Waals surface area (Å²) in [4.78, 5) is 20.1.